The van der Waals surface area contributed by atoms with Gasteiger partial charge in [-0.1, -0.05) is 117 Å². The maximum Gasteiger partial charge on any atom is 0.122 e. The SMILES string of the molecule is CCc1cc(-c2ccc(-c3ccc(CCC4CCC(C)CC4)cc3)c(CC)c2)c(CC)cc1OCC(CC)(CC)CC. The predicted octanol–water partition coefficient (Wildman–Crippen LogP) is 12.1. The molecule has 0 N–H and O–H groups in total. The number of ether oxygens (including phenoxy) is 1. The number of benzene rings is 3. The molecule has 0 aliphatic heterocycles. The average molecular weight is 567 g/mol. The zero-order valence-electron chi connectivity index (χ0n) is 28.0. The van der Waals surface area contributed by atoms with E-state index in [-0.39, 0.29) is 5.41 Å². The summed E-state index contributed by atoms with van der Waals surface area (Å²) in [4.78, 5) is 0. The summed E-state index contributed by atoms with van der Waals surface area (Å²) in [6.07, 6.45) is 14.8. The van der Waals surface area contributed by atoms with Crippen LogP contribution in [-0.4, -0.2) is 6.61 Å². The Morgan fingerprint density at radius 2 is 1.24 bits per heavy atom. The van der Waals surface area contributed by atoms with Crippen LogP contribution >= 0.6 is 0 Å². The van der Waals surface area contributed by atoms with Crippen molar-refractivity contribution >= 4 is 0 Å². The van der Waals surface area contributed by atoms with Crippen LogP contribution in [0, 0.1) is 17.3 Å². The van der Waals surface area contributed by atoms with Gasteiger partial charge >= 0.3 is 0 Å². The van der Waals surface area contributed by atoms with E-state index in [0.717, 1.165) is 62.7 Å². The Balaban J connectivity index is 1.53. The van der Waals surface area contributed by atoms with Gasteiger partial charge in [0.1, 0.15) is 5.75 Å². The molecule has 0 bridgehead atoms. The van der Waals surface area contributed by atoms with E-state index in [0.29, 0.717) is 0 Å². The van der Waals surface area contributed by atoms with Gasteiger partial charge in [0.15, 0.2) is 0 Å². The molecule has 0 atom stereocenters. The lowest BCUT2D eigenvalue weighted by Crippen LogP contribution is -2.26. The minimum atomic E-state index is 0.272. The first-order chi connectivity index (χ1) is 20.4. The van der Waals surface area contributed by atoms with Crippen molar-refractivity contribution in [1.29, 1.82) is 0 Å². The van der Waals surface area contributed by atoms with E-state index in [2.05, 4.69) is 103 Å². The van der Waals surface area contributed by atoms with E-state index in [4.69, 9.17) is 4.74 Å². The van der Waals surface area contributed by atoms with E-state index in [1.165, 1.54) is 83.0 Å². The first kappa shape index (κ1) is 32.4. The van der Waals surface area contributed by atoms with Crippen molar-refractivity contribution in [3.8, 4) is 28.0 Å². The third-order valence-electron chi connectivity index (χ3n) is 10.9. The second-order valence-corrected chi connectivity index (χ2v) is 13.3. The molecule has 1 aliphatic rings. The molecular weight excluding hydrogens is 508 g/mol. The van der Waals surface area contributed by atoms with E-state index in [1.807, 2.05) is 0 Å². The monoisotopic (exact) mass is 566 g/mol. The number of aryl methyl sites for hydroxylation is 4. The lowest BCUT2D eigenvalue weighted by Gasteiger charge is -2.31. The van der Waals surface area contributed by atoms with Crippen molar-refractivity contribution in [1.82, 2.24) is 0 Å². The number of hydrogen-bond acceptors (Lipinski definition) is 1. The summed E-state index contributed by atoms with van der Waals surface area (Å²) in [5.41, 5.74) is 11.3. The second kappa shape index (κ2) is 15.3. The Morgan fingerprint density at radius 1 is 0.643 bits per heavy atom. The van der Waals surface area contributed by atoms with Crippen molar-refractivity contribution in [2.75, 3.05) is 6.61 Å². The third-order valence-corrected chi connectivity index (χ3v) is 10.9. The van der Waals surface area contributed by atoms with Crippen molar-refractivity contribution in [2.24, 2.45) is 17.3 Å². The lowest BCUT2D eigenvalue weighted by molar-refractivity contribution is 0.127. The first-order valence-corrected chi connectivity index (χ1v) is 17.4. The van der Waals surface area contributed by atoms with Crippen LogP contribution in [0.4, 0.5) is 0 Å². The number of rotatable bonds is 14. The minimum Gasteiger partial charge on any atom is -0.493 e. The van der Waals surface area contributed by atoms with Crippen molar-refractivity contribution < 1.29 is 4.74 Å². The summed E-state index contributed by atoms with van der Waals surface area (Å²) < 4.78 is 6.59. The van der Waals surface area contributed by atoms with E-state index in [1.54, 1.807) is 0 Å². The molecule has 3 aromatic carbocycles. The van der Waals surface area contributed by atoms with Crippen molar-refractivity contribution in [2.45, 2.75) is 126 Å². The lowest BCUT2D eigenvalue weighted by atomic mass is 9.80. The van der Waals surface area contributed by atoms with Crippen LogP contribution in [0.2, 0.25) is 0 Å². The molecule has 0 aromatic heterocycles. The highest BCUT2D eigenvalue weighted by atomic mass is 16.5. The van der Waals surface area contributed by atoms with Crippen LogP contribution in [0.25, 0.3) is 22.3 Å². The van der Waals surface area contributed by atoms with Gasteiger partial charge in [-0.25, -0.2) is 0 Å². The van der Waals surface area contributed by atoms with Crippen LogP contribution < -0.4 is 4.74 Å². The molecule has 1 nitrogen and oxygen atoms in total. The molecule has 0 spiro atoms. The molecule has 42 heavy (non-hydrogen) atoms. The van der Waals surface area contributed by atoms with Gasteiger partial charge in [-0.15, -0.1) is 0 Å². The van der Waals surface area contributed by atoms with Gasteiger partial charge in [-0.2, -0.15) is 0 Å². The van der Waals surface area contributed by atoms with E-state index >= 15 is 0 Å². The number of hydrogen-bond donors (Lipinski definition) is 0. The van der Waals surface area contributed by atoms with Crippen LogP contribution in [0.5, 0.6) is 5.75 Å². The highest BCUT2D eigenvalue weighted by Gasteiger charge is 2.25. The maximum absolute atomic E-state index is 6.59. The van der Waals surface area contributed by atoms with Gasteiger partial charge in [0.05, 0.1) is 6.61 Å². The molecule has 1 heteroatoms. The van der Waals surface area contributed by atoms with Crippen LogP contribution in [0.3, 0.4) is 0 Å². The predicted molar refractivity (Wildman–Crippen MR) is 184 cm³/mol. The quantitative estimate of drug-likeness (QED) is 0.188. The third kappa shape index (κ3) is 7.69. The van der Waals surface area contributed by atoms with Crippen LogP contribution in [0.1, 0.15) is 122 Å². The summed E-state index contributed by atoms with van der Waals surface area (Å²) in [6.45, 7) is 17.0. The smallest absolute Gasteiger partial charge is 0.122 e. The van der Waals surface area contributed by atoms with Crippen molar-refractivity contribution in [3.63, 3.8) is 0 Å². The van der Waals surface area contributed by atoms with E-state index < -0.39 is 0 Å². The summed E-state index contributed by atoms with van der Waals surface area (Å²) >= 11 is 0. The minimum absolute atomic E-state index is 0.272. The zero-order chi connectivity index (χ0) is 30.1. The molecule has 0 unspecified atom stereocenters. The molecule has 0 heterocycles. The standard InChI is InChI=1S/C41H58O/c1-8-33-26-37(39-27-35(10-3)40(28-34(39)9-2)42-29-41(11-4,12-5)13-6)24-25-38(33)36-22-20-32(21-23-36)19-18-31-16-14-30(7)15-17-31/h20-28,30-31H,8-19,29H2,1-7H3. The largest absolute Gasteiger partial charge is 0.493 e. The van der Waals surface area contributed by atoms with Gasteiger partial charge in [0.25, 0.3) is 0 Å². The molecule has 1 aliphatic carbocycles. The summed E-state index contributed by atoms with van der Waals surface area (Å²) in [5.74, 6) is 2.95. The highest BCUT2D eigenvalue weighted by Crippen LogP contribution is 2.37. The molecule has 1 saturated carbocycles. The topological polar surface area (TPSA) is 9.23 Å². The normalized spacial score (nSPS) is 17.4. The Kier molecular flexibility index (Phi) is 11.8. The molecule has 1 fully saturated rings. The van der Waals surface area contributed by atoms with E-state index in [9.17, 15) is 0 Å². The molecule has 228 valence electrons. The van der Waals surface area contributed by atoms with Gasteiger partial charge in [0, 0.05) is 5.41 Å². The van der Waals surface area contributed by atoms with Crippen LogP contribution in [-0.2, 0) is 25.7 Å². The second-order valence-electron chi connectivity index (χ2n) is 13.3. The van der Waals surface area contributed by atoms with Gasteiger partial charge in [0.2, 0.25) is 0 Å². The Labute approximate surface area is 258 Å². The Hall–Kier alpha value is -2.54. The molecule has 3 aromatic rings. The molecule has 0 radical (unpaired) electrons. The summed E-state index contributed by atoms with van der Waals surface area (Å²) in [7, 11) is 0. The fourth-order valence-electron chi connectivity index (χ4n) is 7.10. The Morgan fingerprint density at radius 3 is 1.83 bits per heavy atom. The molecule has 0 saturated heterocycles. The molecular formula is C41H58O. The first-order valence-electron chi connectivity index (χ1n) is 17.4. The molecule has 4 rings (SSSR count). The summed E-state index contributed by atoms with van der Waals surface area (Å²) in [6, 6.07) is 21.4. The van der Waals surface area contributed by atoms with Gasteiger partial charge in [-0.05, 0) is 120 Å². The average Bonchev–Trinajstić information content (AvgIpc) is 3.05. The Bertz CT molecular complexity index is 1250. The van der Waals surface area contributed by atoms with Crippen molar-refractivity contribution in [3.05, 3.63) is 76.9 Å². The summed E-state index contributed by atoms with van der Waals surface area (Å²) in [5, 5.41) is 0. The highest BCUT2D eigenvalue weighted by molar-refractivity contribution is 5.76. The fourth-order valence-corrected chi connectivity index (χ4v) is 7.10. The van der Waals surface area contributed by atoms with Gasteiger partial charge < -0.3 is 4.74 Å². The fraction of sp³-hybridized carbons (Fsp3) is 0.561. The molecule has 0 amide bonds. The van der Waals surface area contributed by atoms with Gasteiger partial charge in [-0.3, -0.25) is 0 Å². The zero-order valence-corrected chi connectivity index (χ0v) is 28.0. The maximum atomic E-state index is 6.59. The van der Waals surface area contributed by atoms with Crippen LogP contribution in [0.15, 0.2) is 54.6 Å².